The first-order valence-electron chi connectivity index (χ1n) is 7.80. The summed E-state index contributed by atoms with van der Waals surface area (Å²) in [6.45, 7) is -0.0649. The number of imide groups is 1. The maximum atomic E-state index is 12.6. The van der Waals surface area contributed by atoms with E-state index in [1.54, 1.807) is 18.2 Å². The minimum Gasteiger partial charge on any atom is -0.478 e. The van der Waals surface area contributed by atoms with Crippen molar-refractivity contribution < 1.29 is 29.4 Å². The number of carboxylic acids is 2. The molecule has 0 aromatic heterocycles. The molecule has 9 heteroatoms. The topological polar surface area (TPSA) is 124 Å². The van der Waals surface area contributed by atoms with Gasteiger partial charge in [0.05, 0.1) is 17.7 Å². The molecule has 1 atom stereocenters. The number of carbonyl (C=O) groups excluding carboxylic acids is 2. The lowest BCUT2D eigenvalue weighted by Crippen LogP contribution is -2.34. The van der Waals surface area contributed by atoms with Crippen molar-refractivity contribution in [1.29, 1.82) is 0 Å². The molecule has 0 bridgehead atoms. The van der Waals surface area contributed by atoms with E-state index in [9.17, 15) is 24.3 Å². The molecule has 0 aliphatic carbocycles. The molecule has 3 rings (SSSR count). The molecule has 2 amide bonds. The molecule has 0 saturated carbocycles. The van der Waals surface area contributed by atoms with E-state index < -0.39 is 28.5 Å². The molecule has 1 aliphatic heterocycles. The standard InChI is InChI=1S/C18H14N2O6S/c21-15-14(19-13-7-2-1-6-12(13)17(24)25)27-18(26)20(15)9-10-4-3-5-11(8-10)16(22)23/h1-8,14,19H,9H2,(H,22,23)(H,24,25)/t14-/m1/s1. The number of nitrogens with zero attached hydrogens (tertiary/aromatic N) is 1. The quantitative estimate of drug-likeness (QED) is 0.692. The summed E-state index contributed by atoms with van der Waals surface area (Å²) >= 11 is 0.744. The largest absolute Gasteiger partial charge is 0.478 e. The minimum absolute atomic E-state index is 0.00837. The van der Waals surface area contributed by atoms with Crippen LogP contribution in [0.15, 0.2) is 48.5 Å². The number of para-hydroxylation sites is 1. The van der Waals surface area contributed by atoms with Crippen LogP contribution in [0.5, 0.6) is 0 Å². The molecular weight excluding hydrogens is 372 g/mol. The van der Waals surface area contributed by atoms with Gasteiger partial charge in [-0.15, -0.1) is 0 Å². The number of nitrogens with one attached hydrogen (secondary N) is 1. The summed E-state index contributed by atoms with van der Waals surface area (Å²) in [5, 5.41) is 19.6. The van der Waals surface area contributed by atoms with Gasteiger partial charge in [0.25, 0.3) is 11.1 Å². The Bertz CT molecular complexity index is 945. The number of hydrogen-bond acceptors (Lipinski definition) is 6. The number of benzene rings is 2. The highest BCUT2D eigenvalue weighted by Gasteiger charge is 2.40. The number of aromatic carboxylic acids is 2. The average molecular weight is 386 g/mol. The molecule has 2 aromatic rings. The maximum Gasteiger partial charge on any atom is 0.337 e. The molecular formula is C18H14N2O6S. The van der Waals surface area contributed by atoms with Crippen LogP contribution in [0.25, 0.3) is 0 Å². The van der Waals surface area contributed by atoms with Gasteiger partial charge < -0.3 is 15.5 Å². The van der Waals surface area contributed by atoms with Crippen molar-refractivity contribution in [2.75, 3.05) is 5.32 Å². The van der Waals surface area contributed by atoms with Gasteiger partial charge in [-0.05, 0) is 41.6 Å². The molecule has 2 aromatic carbocycles. The first kappa shape index (κ1) is 18.5. The van der Waals surface area contributed by atoms with E-state index in [4.69, 9.17) is 5.11 Å². The van der Waals surface area contributed by atoms with Gasteiger partial charge in [0.1, 0.15) is 0 Å². The second kappa shape index (κ2) is 7.50. The van der Waals surface area contributed by atoms with Crippen LogP contribution in [0.2, 0.25) is 0 Å². The number of hydrogen-bond donors (Lipinski definition) is 3. The van der Waals surface area contributed by atoms with Crippen LogP contribution in [0.1, 0.15) is 26.3 Å². The Labute approximate surface area is 157 Å². The summed E-state index contributed by atoms with van der Waals surface area (Å²) < 4.78 is 0. The minimum atomic E-state index is -1.15. The van der Waals surface area contributed by atoms with Crippen molar-refractivity contribution in [2.45, 2.75) is 11.9 Å². The molecule has 8 nitrogen and oxygen atoms in total. The molecule has 3 N–H and O–H groups in total. The average Bonchev–Trinajstić information content (AvgIpc) is 2.89. The highest BCUT2D eigenvalue weighted by molar-refractivity contribution is 8.15. The SMILES string of the molecule is O=C(O)c1cccc(CN2C(=O)S[C@@H](Nc3ccccc3C(=O)O)C2=O)c1. The first-order valence-corrected chi connectivity index (χ1v) is 8.68. The highest BCUT2D eigenvalue weighted by atomic mass is 32.2. The van der Waals surface area contributed by atoms with E-state index >= 15 is 0 Å². The van der Waals surface area contributed by atoms with Crippen LogP contribution in [-0.4, -0.2) is 43.6 Å². The van der Waals surface area contributed by atoms with Gasteiger partial charge in [-0.2, -0.15) is 0 Å². The van der Waals surface area contributed by atoms with Gasteiger partial charge in [0.15, 0.2) is 5.37 Å². The maximum absolute atomic E-state index is 12.6. The lowest BCUT2D eigenvalue weighted by atomic mass is 10.1. The highest BCUT2D eigenvalue weighted by Crippen LogP contribution is 2.30. The molecule has 0 unspecified atom stereocenters. The Morgan fingerprint density at radius 1 is 1.04 bits per heavy atom. The summed E-state index contributed by atoms with van der Waals surface area (Å²) in [5.41, 5.74) is 0.789. The number of carboxylic acid groups (broad SMARTS) is 2. The van der Waals surface area contributed by atoms with Gasteiger partial charge in [0.2, 0.25) is 0 Å². The lowest BCUT2D eigenvalue weighted by Gasteiger charge is -2.16. The number of rotatable bonds is 6. The Hall–Kier alpha value is -3.33. The van der Waals surface area contributed by atoms with Crippen molar-refractivity contribution in [3.8, 4) is 0 Å². The van der Waals surface area contributed by atoms with Crippen LogP contribution in [0, 0.1) is 0 Å². The predicted octanol–water partition coefficient (Wildman–Crippen LogP) is 2.72. The van der Waals surface area contributed by atoms with E-state index in [0.717, 1.165) is 16.7 Å². The molecule has 1 aliphatic rings. The first-order chi connectivity index (χ1) is 12.9. The Morgan fingerprint density at radius 2 is 1.78 bits per heavy atom. The van der Waals surface area contributed by atoms with E-state index in [1.807, 2.05) is 0 Å². The third-order valence-electron chi connectivity index (χ3n) is 3.89. The Morgan fingerprint density at radius 3 is 2.48 bits per heavy atom. The van der Waals surface area contributed by atoms with E-state index in [2.05, 4.69) is 5.32 Å². The Balaban J connectivity index is 1.77. The van der Waals surface area contributed by atoms with Gasteiger partial charge in [-0.25, -0.2) is 9.59 Å². The normalized spacial score (nSPS) is 16.4. The molecule has 1 fully saturated rings. The van der Waals surface area contributed by atoms with Crippen LogP contribution in [0.3, 0.4) is 0 Å². The van der Waals surface area contributed by atoms with Crippen LogP contribution >= 0.6 is 11.8 Å². The zero-order valence-corrected chi connectivity index (χ0v) is 14.6. The summed E-state index contributed by atoms with van der Waals surface area (Å²) in [7, 11) is 0. The van der Waals surface area contributed by atoms with E-state index in [1.165, 1.54) is 30.3 Å². The fourth-order valence-electron chi connectivity index (χ4n) is 2.60. The van der Waals surface area contributed by atoms with Crippen LogP contribution in [-0.2, 0) is 11.3 Å². The summed E-state index contributed by atoms with van der Waals surface area (Å²) in [6, 6.07) is 12.1. The third-order valence-corrected chi connectivity index (χ3v) is 4.87. The molecule has 138 valence electrons. The Kier molecular flexibility index (Phi) is 5.13. The third kappa shape index (κ3) is 3.93. The zero-order valence-electron chi connectivity index (χ0n) is 13.8. The van der Waals surface area contributed by atoms with Gasteiger partial charge in [-0.3, -0.25) is 14.5 Å². The van der Waals surface area contributed by atoms with Crippen LogP contribution < -0.4 is 5.32 Å². The van der Waals surface area contributed by atoms with Gasteiger partial charge in [0, 0.05) is 5.69 Å². The van der Waals surface area contributed by atoms with Crippen molar-refractivity contribution in [2.24, 2.45) is 0 Å². The molecule has 1 saturated heterocycles. The second-order valence-electron chi connectivity index (χ2n) is 5.69. The second-order valence-corrected chi connectivity index (χ2v) is 6.75. The summed E-state index contributed by atoms with van der Waals surface area (Å²) in [5.74, 6) is -2.77. The van der Waals surface area contributed by atoms with Crippen molar-refractivity contribution in [3.05, 3.63) is 65.2 Å². The van der Waals surface area contributed by atoms with Crippen molar-refractivity contribution in [1.82, 2.24) is 4.90 Å². The monoisotopic (exact) mass is 386 g/mol. The number of amides is 2. The number of thioether (sulfide) groups is 1. The van der Waals surface area contributed by atoms with Crippen molar-refractivity contribution in [3.63, 3.8) is 0 Å². The van der Waals surface area contributed by atoms with Crippen molar-refractivity contribution >= 4 is 40.5 Å². The summed E-state index contributed by atoms with van der Waals surface area (Å²) in [6.07, 6.45) is 0. The number of anilines is 1. The molecule has 1 heterocycles. The summed E-state index contributed by atoms with van der Waals surface area (Å²) in [4.78, 5) is 48.1. The zero-order chi connectivity index (χ0) is 19.6. The molecule has 0 radical (unpaired) electrons. The fourth-order valence-corrected chi connectivity index (χ4v) is 3.50. The fraction of sp³-hybridized carbons (Fsp3) is 0.111. The van der Waals surface area contributed by atoms with Crippen LogP contribution in [0.4, 0.5) is 10.5 Å². The predicted molar refractivity (Wildman–Crippen MR) is 97.8 cm³/mol. The lowest BCUT2D eigenvalue weighted by molar-refractivity contribution is -0.126. The number of carbonyl (C=O) groups is 4. The van der Waals surface area contributed by atoms with Gasteiger partial charge in [-0.1, -0.05) is 24.3 Å². The van der Waals surface area contributed by atoms with E-state index in [0.29, 0.717) is 5.56 Å². The smallest absolute Gasteiger partial charge is 0.337 e. The molecule has 27 heavy (non-hydrogen) atoms. The van der Waals surface area contributed by atoms with Gasteiger partial charge >= 0.3 is 11.9 Å². The van der Waals surface area contributed by atoms with E-state index in [-0.39, 0.29) is 23.4 Å². The molecule has 0 spiro atoms.